The molecular formula is C12H14N4O2. The lowest BCUT2D eigenvalue weighted by atomic mass is 10.2. The number of carbonyl (C=O) groups is 2. The molecule has 1 rings (SSSR count). The van der Waals surface area contributed by atoms with E-state index < -0.39 is 5.91 Å². The highest BCUT2D eigenvalue weighted by Crippen LogP contribution is 2.04. The standard InChI is InChI=1S/C12H14N4O2/c1-16(8-11(14)17)12(18)10-5-9(3-2-4-13)6-15-7-10/h5-7H,4,8,13H2,1H3,(H2,14,17). The van der Waals surface area contributed by atoms with E-state index in [9.17, 15) is 9.59 Å². The highest BCUT2D eigenvalue weighted by atomic mass is 16.2. The van der Waals surface area contributed by atoms with Crippen molar-refractivity contribution in [2.45, 2.75) is 0 Å². The van der Waals surface area contributed by atoms with Crippen molar-refractivity contribution in [3.05, 3.63) is 29.6 Å². The van der Waals surface area contributed by atoms with Gasteiger partial charge in [-0.05, 0) is 6.07 Å². The van der Waals surface area contributed by atoms with Gasteiger partial charge in [-0.1, -0.05) is 11.8 Å². The fourth-order valence-electron chi connectivity index (χ4n) is 1.30. The Kier molecular flexibility index (Phi) is 4.84. The molecule has 0 saturated carbocycles. The van der Waals surface area contributed by atoms with Gasteiger partial charge in [-0.3, -0.25) is 14.6 Å². The largest absolute Gasteiger partial charge is 0.368 e. The Morgan fingerprint density at radius 2 is 2.17 bits per heavy atom. The molecule has 2 amide bonds. The molecular weight excluding hydrogens is 232 g/mol. The first-order valence-corrected chi connectivity index (χ1v) is 5.22. The lowest BCUT2D eigenvalue weighted by Gasteiger charge is -2.14. The zero-order valence-corrected chi connectivity index (χ0v) is 10.0. The van der Waals surface area contributed by atoms with Gasteiger partial charge in [0.2, 0.25) is 5.91 Å². The third-order valence-electron chi connectivity index (χ3n) is 2.06. The van der Waals surface area contributed by atoms with Gasteiger partial charge in [-0.2, -0.15) is 0 Å². The highest BCUT2D eigenvalue weighted by molar-refractivity contribution is 5.96. The number of carbonyl (C=O) groups excluding carboxylic acids is 2. The molecule has 0 radical (unpaired) electrons. The predicted molar refractivity (Wildman–Crippen MR) is 66.3 cm³/mol. The smallest absolute Gasteiger partial charge is 0.255 e. The maximum Gasteiger partial charge on any atom is 0.255 e. The Balaban J connectivity index is 2.89. The Hall–Kier alpha value is -2.39. The molecule has 1 aromatic heterocycles. The summed E-state index contributed by atoms with van der Waals surface area (Å²) in [5, 5.41) is 0. The van der Waals surface area contributed by atoms with E-state index in [-0.39, 0.29) is 19.0 Å². The summed E-state index contributed by atoms with van der Waals surface area (Å²) in [7, 11) is 1.49. The second kappa shape index (κ2) is 6.37. The number of hydrogen-bond acceptors (Lipinski definition) is 4. The number of primary amides is 1. The minimum Gasteiger partial charge on any atom is -0.368 e. The van der Waals surface area contributed by atoms with Crippen LogP contribution in [0, 0.1) is 11.8 Å². The van der Waals surface area contributed by atoms with Gasteiger partial charge < -0.3 is 16.4 Å². The first-order chi connectivity index (χ1) is 8.54. The molecule has 0 aliphatic rings. The van der Waals surface area contributed by atoms with Crippen molar-refractivity contribution in [2.24, 2.45) is 11.5 Å². The van der Waals surface area contributed by atoms with E-state index in [2.05, 4.69) is 16.8 Å². The summed E-state index contributed by atoms with van der Waals surface area (Å²) in [5.74, 6) is 4.54. The molecule has 0 aromatic carbocycles. The molecule has 0 aliphatic carbocycles. The molecule has 4 N–H and O–H groups in total. The van der Waals surface area contributed by atoms with E-state index >= 15 is 0 Å². The molecule has 0 bridgehead atoms. The molecule has 94 valence electrons. The summed E-state index contributed by atoms with van der Waals surface area (Å²) < 4.78 is 0. The number of likely N-dealkylation sites (N-methyl/N-ethyl adjacent to an activating group) is 1. The normalized spacial score (nSPS) is 9.22. The lowest BCUT2D eigenvalue weighted by molar-refractivity contribution is -0.118. The number of hydrogen-bond donors (Lipinski definition) is 2. The molecule has 0 unspecified atom stereocenters. The van der Waals surface area contributed by atoms with Gasteiger partial charge in [0.1, 0.15) is 0 Å². The summed E-state index contributed by atoms with van der Waals surface area (Å²) >= 11 is 0. The first kappa shape index (κ1) is 13.7. The van der Waals surface area contributed by atoms with E-state index in [0.29, 0.717) is 11.1 Å². The van der Waals surface area contributed by atoms with Crippen LogP contribution in [-0.4, -0.2) is 41.8 Å². The van der Waals surface area contributed by atoms with Crippen molar-refractivity contribution in [3.63, 3.8) is 0 Å². The quantitative estimate of drug-likeness (QED) is 0.664. The van der Waals surface area contributed by atoms with E-state index in [1.807, 2.05) is 0 Å². The molecule has 1 aromatic rings. The molecule has 6 nitrogen and oxygen atoms in total. The Morgan fingerprint density at radius 1 is 1.44 bits per heavy atom. The number of nitrogens with zero attached hydrogens (tertiary/aromatic N) is 2. The van der Waals surface area contributed by atoms with Gasteiger partial charge in [-0.25, -0.2) is 0 Å². The number of nitrogens with two attached hydrogens (primary N) is 2. The summed E-state index contributed by atoms with van der Waals surface area (Å²) in [6.07, 6.45) is 2.95. The van der Waals surface area contributed by atoms with Crippen LogP contribution in [0.1, 0.15) is 15.9 Å². The fourth-order valence-corrected chi connectivity index (χ4v) is 1.30. The topological polar surface area (TPSA) is 102 Å². The number of rotatable bonds is 3. The van der Waals surface area contributed by atoms with Crippen LogP contribution < -0.4 is 11.5 Å². The van der Waals surface area contributed by atoms with Crippen molar-refractivity contribution >= 4 is 11.8 Å². The van der Waals surface area contributed by atoms with Crippen LogP contribution in [0.25, 0.3) is 0 Å². The maximum absolute atomic E-state index is 11.9. The van der Waals surface area contributed by atoms with Gasteiger partial charge in [0.05, 0.1) is 18.7 Å². The van der Waals surface area contributed by atoms with Gasteiger partial charge >= 0.3 is 0 Å². The van der Waals surface area contributed by atoms with Crippen LogP contribution in [0.4, 0.5) is 0 Å². The van der Waals surface area contributed by atoms with Crippen molar-refractivity contribution in [3.8, 4) is 11.8 Å². The summed E-state index contributed by atoms with van der Waals surface area (Å²) in [6, 6.07) is 1.59. The molecule has 18 heavy (non-hydrogen) atoms. The summed E-state index contributed by atoms with van der Waals surface area (Å²) in [4.78, 5) is 27.8. The van der Waals surface area contributed by atoms with Crippen molar-refractivity contribution in [1.82, 2.24) is 9.88 Å². The van der Waals surface area contributed by atoms with Gasteiger partial charge in [0.15, 0.2) is 0 Å². The summed E-state index contributed by atoms with van der Waals surface area (Å²) in [5.41, 5.74) is 11.2. The molecule has 1 heterocycles. The molecule has 0 spiro atoms. The van der Waals surface area contributed by atoms with Crippen molar-refractivity contribution in [2.75, 3.05) is 20.1 Å². The van der Waals surface area contributed by atoms with Crippen molar-refractivity contribution in [1.29, 1.82) is 0 Å². The average molecular weight is 246 g/mol. The molecule has 0 saturated heterocycles. The van der Waals surface area contributed by atoms with Gasteiger partial charge in [-0.15, -0.1) is 0 Å². The Morgan fingerprint density at radius 3 is 2.78 bits per heavy atom. The number of aromatic nitrogens is 1. The average Bonchev–Trinajstić information content (AvgIpc) is 2.35. The van der Waals surface area contributed by atoms with Crippen LogP contribution >= 0.6 is 0 Å². The second-order valence-corrected chi connectivity index (χ2v) is 3.60. The monoisotopic (exact) mass is 246 g/mol. The minimum absolute atomic E-state index is 0.141. The third kappa shape index (κ3) is 3.88. The fraction of sp³-hybridized carbons (Fsp3) is 0.250. The maximum atomic E-state index is 11.9. The van der Waals surface area contributed by atoms with E-state index in [1.165, 1.54) is 24.3 Å². The zero-order valence-electron chi connectivity index (χ0n) is 10.0. The van der Waals surface area contributed by atoms with Gasteiger partial charge in [0.25, 0.3) is 5.91 Å². The third-order valence-corrected chi connectivity index (χ3v) is 2.06. The van der Waals surface area contributed by atoms with E-state index in [0.717, 1.165) is 0 Å². The molecule has 0 fully saturated rings. The Bertz CT molecular complexity index is 516. The molecule has 0 atom stereocenters. The van der Waals surface area contributed by atoms with Crippen LogP contribution in [0.5, 0.6) is 0 Å². The highest BCUT2D eigenvalue weighted by Gasteiger charge is 2.13. The predicted octanol–water partition coefficient (Wildman–Crippen LogP) is -1.05. The van der Waals surface area contributed by atoms with E-state index in [1.54, 1.807) is 6.07 Å². The van der Waals surface area contributed by atoms with Crippen LogP contribution in [-0.2, 0) is 4.79 Å². The number of amides is 2. The number of pyridine rings is 1. The zero-order chi connectivity index (χ0) is 13.5. The van der Waals surface area contributed by atoms with Crippen LogP contribution in [0.3, 0.4) is 0 Å². The SMILES string of the molecule is CN(CC(N)=O)C(=O)c1cncc(C#CCN)c1. The lowest BCUT2D eigenvalue weighted by Crippen LogP contribution is -2.35. The second-order valence-electron chi connectivity index (χ2n) is 3.60. The van der Waals surface area contributed by atoms with Crippen LogP contribution in [0.2, 0.25) is 0 Å². The van der Waals surface area contributed by atoms with Gasteiger partial charge in [0, 0.05) is 25.0 Å². The van der Waals surface area contributed by atoms with Crippen molar-refractivity contribution < 1.29 is 9.59 Å². The Labute approximate surface area is 105 Å². The molecule has 0 aliphatic heterocycles. The summed E-state index contributed by atoms with van der Waals surface area (Å²) in [6.45, 7) is 0.0945. The van der Waals surface area contributed by atoms with E-state index in [4.69, 9.17) is 11.5 Å². The van der Waals surface area contributed by atoms with Crippen LogP contribution in [0.15, 0.2) is 18.5 Å². The molecule has 6 heteroatoms. The first-order valence-electron chi connectivity index (χ1n) is 5.22. The minimum atomic E-state index is -0.571.